The number of carbonyl (C=O) groups excluding carboxylic acids is 1. The van der Waals surface area contributed by atoms with Gasteiger partial charge < -0.3 is 29.1 Å². The monoisotopic (exact) mass is 321 g/mol. The van der Waals surface area contributed by atoms with Gasteiger partial charge in [0.25, 0.3) is 0 Å². The second-order valence-electron chi connectivity index (χ2n) is 6.12. The maximum absolute atomic E-state index is 11.3. The van der Waals surface area contributed by atoms with Crippen molar-refractivity contribution < 1.29 is 28.5 Å². The molecule has 8 heteroatoms. The zero-order valence-corrected chi connectivity index (χ0v) is 14.6. The standard InChI is InChI=1S/C13H27NO6Si/c1-8(15)14-10-12(18-3)11(17-2)9(20-13(10)16)7-19-21(4,5)6/h9-13,16H,7H2,1-6H3,(H,14,15). The molecule has 2 N–H and O–H groups in total. The van der Waals surface area contributed by atoms with Gasteiger partial charge in [-0.2, -0.15) is 0 Å². The lowest BCUT2D eigenvalue weighted by molar-refractivity contribution is -0.262. The van der Waals surface area contributed by atoms with Crippen molar-refractivity contribution in [2.24, 2.45) is 0 Å². The second-order valence-corrected chi connectivity index (χ2v) is 10.6. The number of ether oxygens (including phenoxy) is 3. The first-order chi connectivity index (χ1) is 9.69. The van der Waals surface area contributed by atoms with E-state index in [2.05, 4.69) is 25.0 Å². The molecule has 0 bridgehead atoms. The largest absolute Gasteiger partial charge is 0.415 e. The number of methoxy groups -OCH3 is 2. The van der Waals surface area contributed by atoms with Crippen molar-refractivity contribution in [1.29, 1.82) is 0 Å². The van der Waals surface area contributed by atoms with Gasteiger partial charge in [-0.25, -0.2) is 0 Å². The molecule has 5 unspecified atom stereocenters. The normalized spacial score (nSPS) is 33.8. The molecule has 1 fully saturated rings. The van der Waals surface area contributed by atoms with E-state index in [-0.39, 0.29) is 5.91 Å². The Morgan fingerprint density at radius 3 is 2.24 bits per heavy atom. The zero-order valence-electron chi connectivity index (χ0n) is 13.6. The van der Waals surface area contributed by atoms with E-state index in [0.717, 1.165) is 0 Å². The highest BCUT2D eigenvalue weighted by Gasteiger charge is 2.46. The summed E-state index contributed by atoms with van der Waals surface area (Å²) in [6.45, 7) is 7.91. The van der Waals surface area contributed by atoms with Gasteiger partial charge in [-0.15, -0.1) is 0 Å². The minimum atomic E-state index is -1.71. The molecule has 1 heterocycles. The van der Waals surface area contributed by atoms with E-state index in [0.29, 0.717) is 6.61 Å². The Morgan fingerprint density at radius 1 is 1.24 bits per heavy atom. The van der Waals surface area contributed by atoms with E-state index in [1.54, 1.807) is 7.11 Å². The van der Waals surface area contributed by atoms with Crippen LogP contribution >= 0.6 is 0 Å². The molecular formula is C13H27NO6Si. The summed E-state index contributed by atoms with van der Waals surface area (Å²) in [5, 5.41) is 12.8. The summed E-state index contributed by atoms with van der Waals surface area (Å²) in [6.07, 6.45) is -2.57. The maximum Gasteiger partial charge on any atom is 0.217 e. The highest BCUT2D eigenvalue weighted by atomic mass is 28.4. The molecule has 1 saturated heterocycles. The van der Waals surface area contributed by atoms with Gasteiger partial charge in [0.2, 0.25) is 5.91 Å². The molecule has 1 amide bonds. The minimum absolute atomic E-state index is 0.267. The molecule has 5 atom stereocenters. The van der Waals surface area contributed by atoms with Crippen molar-refractivity contribution in [3.8, 4) is 0 Å². The van der Waals surface area contributed by atoms with Gasteiger partial charge in [0.1, 0.15) is 24.4 Å². The zero-order chi connectivity index (χ0) is 16.2. The molecule has 7 nitrogen and oxygen atoms in total. The van der Waals surface area contributed by atoms with Gasteiger partial charge in [0.05, 0.1) is 6.61 Å². The smallest absolute Gasteiger partial charge is 0.217 e. The number of aliphatic hydroxyl groups is 1. The number of carbonyl (C=O) groups is 1. The van der Waals surface area contributed by atoms with E-state index in [1.807, 2.05) is 0 Å². The van der Waals surface area contributed by atoms with Crippen LogP contribution in [-0.4, -0.2) is 70.8 Å². The Kier molecular flexibility index (Phi) is 6.76. The summed E-state index contributed by atoms with van der Waals surface area (Å²) in [6, 6.07) is -0.680. The number of hydrogen-bond donors (Lipinski definition) is 2. The molecule has 0 aromatic heterocycles. The van der Waals surface area contributed by atoms with Gasteiger partial charge in [-0.3, -0.25) is 4.79 Å². The van der Waals surface area contributed by atoms with Crippen molar-refractivity contribution in [3.05, 3.63) is 0 Å². The minimum Gasteiger partial charge on any atom is -0.415 e. The van der Waals surface area contributed by atoms with Crippen LogP contribution < -0.4 is 5.32 Å². The topological polar surface area (TPSA) is 86.3 Å². The van der Waals surface area contributed by atoms with E-state index in [9.17, 15) is 9.90 Å². The number of rotatable bonds is 6. The van der Waals surface area contributed by atoms with Crippen LogP contribution in [0.5, 0.6) is 0 Å². The average molecular weight is 321 g/mol. The Labute approximate surface area is 127 Å². The number of hydrogen-bond acceptors (Lipinski definition) is 6. The van der Waals surface area contributed by atoms with Crippen LogP contribution in [0.3, 0.4) is 0 Å². The van der Waals surface area contributed by atoms with Crippen LogP contribution in [0.2, 0.25) is 19.6 Å². The molecular weight excluding hydrogens is 294 g/mol. The molecule has 0 spiro atoms. The molecule has 1 rings (SSSR count). The van der Waals surface area contributed by atoms with Crippen molar-refractivity contribution >= 4 is 14.2 Å². The second kappa shape index (κ2) is 7.66. The Hall–Kier alpha value is -0.513. The average Bonchev–Trinajstić information content (AvgIpc) is 2.37. The van der Waals surface area contributed by atoms with Crippen molar-refractivity contribution in [2.45, 2.75) is 57.2 Å². The summed E-state index contributed by atoms with van der Waals surface area (Å²) in [7, 11) is 1.35. The molecule has 1 aliphatic rings. The number of nitrogens with one attached hydrogen (secondary N) is 1. The molecule has 0 aromatic carbocycles. The summed E-state index contributed by atoms with van der Waals surface area (Å²) < 4.78 is 22.3. The van der Waals surface area contributed by atoms with Gasteiger partial charge in [0, 0.05) is 21.1 Å². The van der Waals surface area contributed by atoms with Crippen molar-refractivity contribution in [3.63, 3.8) is 0 Å². The van der Waals surface area contributed by atoms with Gasteiger partial charge in [-0.1, -0.05) is 0 Å². The van der Waals surface area contributed by atoms with Crippen LogP contribution in [0.1, 0.15) is 6.92 Å². The fourth-order valence-electron chi connectivity index (χ4n) is 2.34. The molecule has 0 saturated carbocycles. The highest BCUT2D eigenvalue weighted by molar-refractivity contribution is 6.69. The molecule has 124 valence electrons. The Bertz CT molecular complexity index is 348. The highest BCUT2D eigenvalue weighted by Crippen LogP contribution is 2.25. The Morgan fingerprint density at radius 2 is 1.81 bits per heavy atom. The lowest BCUT2D eigenvalue weighted by Crippen LogP contribution is -2.65. The van der Waals surface area contributed by atoms with Crippen LogP contribution in [0, 0.1) is 0 Å². The fraction of sp³-hybridized carbons (Fsp3) is 0.923. The van der Waals surface area contributed by atoms with Crippen LogP contribution in [0.25, 0.3) is 0 Å². The lowest BCUT2D eigenvalue weighted by Gasteiger charge is -2.44. The fourth-order valence-corrected chi connectivity index (χ4v) is 3.00. The molecule has 0 aromatic rings. The van der Waals surface area contributed by atoms with E-state index >= 15 is 0 Å². The third kappa shape index (κ3) is 5.31. The predicted octanol–water partition coefficient (Wildman–Crippen LogP) is 0.0898. The predicted molar refractivity (Wildman–Crippen MR) is 79.4 cm³/mol. The SMILES string of the molecule is COC1C(CO[Si](C)(C)C)OC(O)C(NC(C)=O)C1OC. The van der Waals surface area contributed by atoms with E-state index < -0.39 is 39.0 Å². The molecule has 21 heavy (non-hydrogen) atoms. The number of amides is 1. The maximum atomic E-state index is 11.3. The van der Waals surface area contributed by atoms with Crippen molar-refractivity contribution in [2.75, 3.05) is 20.8 Å². The summed E-state index contributed by atoms with van der Waals surface area (Å²) in [5.41, 5.74) is 0. The van der Waals surface area contributed by atoms with Gasteiger partial charge >= 0.3 is 0 Å². The first-order valence-corrected chi connectivity index (χ1v) is 10.4. The van der Waals surface area contributed by atoms with Crippen LogP contribution in [0.15, 0.2) is 0 Å². The quantitative estimate of drug-likeness (QED) is 0.674. The molecule has 0 radical (unpaired) electrons. The van der Waals surface area contributed by atoms with Crippen LogP contribution in [0.4, 0.5) is 0 Å². The van der Waals surface area contributed by atoms with E-state index in [4.69, 9.17) is 18.6 Å². The number of aliphatic hydroxyl groups excluding tert-OH is 1. The first kappa shape index (κ1) is 18.5. The summed E-state index contributed by atoms with van der Waals surface area (Å²) in [5.74, 6) is -0.267. The van der Waals surface area contributed by atoms with Gasteiger partial charge in [-0.05, 0) is 19.6 Å². The van der Waals surface area contributed by atoms with Crippen LogP contribution in [-0.2, 0) is 23.4 Å². The van der Waals surface area contributed by atoms with Crippen molar-refractivity contribution in [1.82, 2.24) is 5.32 Å². The molecule has 0 aliphatic carbocycles. The Balaban J connectivity index is 2.83. The lowest BCUT2D eigenvalue weighted by atomic mass is 9.96. The third-order valence-corrected chi connectivity index (χ3v) is 4.29. The van der Waals surface area contributed by atoms with E-state index in [1.165, 1.54) is 14.0 Å². The third-order valence-electron chi connectivity index (χ3n) is 3.26. The first-order valence-electron chi connectivity index (χ1n) is 6.99. The summed E-state index contributed by atoms with van der Waals surface area (Å²) >= 11 is 0. The molecule has 1 aliphatic heterocycles. The summed E-state index contributed by atoms with van der Waals surface area (Å²) in [4.78, 5) is 11.3. The van der Waals surface area contributed by atoms with Gasteiger partial charge in [0.15, 0.2) is 14.6 Å².